The Morgan fingerprint density at radius 1 is 1.12 bits per heavy atom. The van der Waals surface area contributed by atoms with Crippen LogP contribution in [0.25, 0.3) is 0 Å². The zero-order valence-corrected chi connectivity index (χ0v) is 15.3. The number of piperazine rings is 1. The van der Waals surface area contributed by atoms with Gasteiger partial charge in [-0.3, -0.25) is 19.5 Å². The highest BCUT2D eigenvalue weighted by molar-refractivity contribution is 5.93. The molecule has 2 fully saturated rings. The van der Waals surface area contributed by atoms with E-state index < -0.39 is 0 Å². The number of nitrogens with one attached hydrogen (secondary N) is 1. The number of anilines is 1. The van der Waals surface area contributed by atoms with E-state index in [-0.39, 0.29) is 11.8 Å². The van der Waals surface area contributed by atoms with Crippen LogP contribution in [0, 0.1) is 0 Å². The summed E-state index contributed by atoms with van der Waals surface area (Å²) in [6, 6.07) is 3.68. The molecule has 1 N–H and O–H groups in total. The van der Waals surface area contributed by atoms with Crippen LogP contribution < -0.4 is 5.32 Å². The van der Waals surface area contributed by atoms with Crippen molar-refractivity contribution in [2.45, 2.75) is 6.92 Å². The zero-order valence-electron chi connectivity index (χ0n) is 15.3. The Morgan fingerprint density at radius 2 is 1.81 bits per heavy atom. The summed E-state index contributed by atoms with van der Waals surface area (Å²) in [6.07, 6.45) is 1.66. The second kappa shape index (κ2) is 8.95. The number of rotatable bonds is 5. The summed E-state index contributed by atoms with van der Waals surface area (Å²) in [6.45, 7) is 9.11. The fraction of sp³-hybridized carbons (Fsp3) is 0.611. The summed E-state index contributed by atoms with van der Waals surface area (Å²) in [5, 5.41) is 3.37. The number of hydrogen-bond acceptors (Lipinski definition) is 6. The zero-order chi connectivity index (χ0) is 18.4. The summed E-state index contributed by atoms with van der Waals surface area (Å²) in [5.41, 5.74) is 1.34. The maximum Gasteiger partial charge on any atom is 0.272 e. The van der Waals surface area contributed by atoms with E-state index in [4.69, 9.17) is 4.74 Å². The van der Waals surface area contributed by atoms with Gasteiger partial charge in [0.1, 0.15) is 5.69 Å². The van der Waals surface area contributed by atoms with Gasteiger partial charge in [-0.25, -0.2) is 0 Å². The lowest BCUT2D eigenvalue weighted by Gasteiger charge is -2.34. The number of nitrogens with zero attached hydrogens (tertiary/aromatic N) is 4. The summed E-state index contributed by atoms with van der Waals surface area (Å²) in [5.74, 6) is -0.0216. The molecule has 0 radical (unpaired) electrons. The van der Waals surface area contributed by atoms with Crippen LogP contribution in [0.4, 0.5) is 5.69 Å². The Bertz CT molecular complexity index is 625. The van der Waals surface area contributed by atoms with Crippen LogP contribution in [-0.2, 0) is 9.53 Å². The molecule has 2 amide bonds. The van der Waals surface area contributed by atoms with Gasteiger partial charge < -0.3 is 19.9 Å². The van der Waals surface area contributed by atoms with Crippen LogP contribution in [-0.4, -0.2) is 97.1 Å². The average molecular weight is 361 g/mol. The topological polar surface area (TPSA) is 78.0 Å². The first-order valence-electron chi connectivity index (χ1n) is 9.18. The summed E-state index contributed by atoms with van der Waals surface area (Å²) < 4.78 is 5.35. The summed E-state index contributed by atoms with van der Waals surface area (Å²) in [7, 11) is 0. The van der Waals surface area contributed by atoms with E-state index in [1.165, 1.54) is 0 Å². The monoisotopic (exact) mass is 361 g/mol. The predicted molar refractivity (Wildman–Crippen MR) is 98.1 cm³/mol. The molecular formula is C18H27N5O3. The average Bonchev–Trinajstić information content (AvgIpc) is 2.68. The highest BCUT2D eigenvalue weighted by Gasteiger charge is 2.24. The van der Waals surface area contributed by atoms with E-state index in [1.807, 2.05) is 6.07 Å². The Morgan fingerprint density at radius 3 is 2.50 bits per heavy atom. The van der Waals surface area contributed by atoms with E-state index in [0.717, 1.165) is 45.1 Å². The fourth-order valence-electron chi connectivity index (χ4n) is 3.23. The minimum absolute atomic E-state index is 0.0571. The molecule has 2 saturated heterocycles. The molecule has 1 aromatic heterocycles. The standard InChI is InChI=1S/C18H27N5O3/c1-15(24)22-6-8-23(9-7-22)18(25)17-14-16(2-3-20-17)19-4-5-21-10-12-26-13-11-21/h2-3,14H,4-13H2,1H3,(H,19,20). The molecule has 0 spiro atoms. The molecule has 0 unspecified atom stereocenters. The SMILES string of the molecule is CC(=O)N1CCN(C(=O)c2cc(NCCN3CCOCC3)ccn2)CC1. The lowest BCUT2D eigenvalue weighted by Crippen LogP contribution is -2.50. The molecule has 3 heterocycles. The molecule has 8 heteroatoms. The molecule has 8 nitrogen and oxygen atoms in total. The van der Waals surface area contributed by atoms with Gasteiger partial charge in [0.25, 0.3) is 5.91 Å². The highest BCUT2D eigenvalue weighted by Crippen LogP contribution is 2.12. The maximum atomic E-state index is 12.7. The van der Waals surface area contributed by atoms with Gasteiger partial charge in [0, 0.05) is 71.2 Å². The third-order valence-electron chi connectivity index (χ3n) is 4.85. The van der Waals surface area contributed by atoms with Crippen molar-refractivity contribution in [3.63, 3.8) is 0 Å². The van der Waals surface area contributed by atoms with E-state index in [0.29, 0.717) is 31.9 Å². The molecule has 3 rings (SSSR count). The van der Waals surface area contributed by atoms with E-state index in [2.05, 4.69) is 15.2 Å². The van der Waals surface area contributed by atoms with Crippen LogP contribution in [0.15, 0.2) is 18.3 Å². The van der Waals surface area contributed by atoms with E-state index in [1.54, 1.807) is 29.0 Å². The van der Waals surface area contributed by atoms with Crippen molar-refractivity contribution in [2.75, 3.05) is 70.9 Å². The third-order valence-corrected chi connectivity index (χ3v) is 4.85. The van der Waals surface area contributed by atoms with Crippen molar-refractivity contribution < 1.29 is 14.3 Å². The molecule has 0 aliphatic carbocycles. The summed E-state index contributed by atoms with van der Waals surface area (Å²) >= 11 is 0. The fourth-order valence-corrected chi connectivity index (χ4v) is 3.23. The largest absolute Gasteiger partial charge is 0.384 e. The molecule has 0 bridgehead atoms. The van der Waals surface area contributed by atoms with Gasteiger partial charge in [-0.1, -0.05) is 0 Å². The number of carbonyl (C=O) groups excluding carboxylic acids is 2. The van der Waals surface area contributed by atoms with Crippen LogP contribution >= 0.6 is 0 Å². The number of aromatic nitrogens is 1. The van der Waals surface area contributed by atoms with E-state index >= 15 is 0 Å². The van der Waals surface area contributed by atoms with Crippen LogP contribution in [0.5, 0.6) is 0 Å². The Balaban J connectivity index is 1.50. The predicted octanol–water partition coefficient (Wildman–Crippen LogP) is 0.130. The van der Waals surface area contributed by atoms with Crippen molar-refractivity contribution >= 4 is 17.5 Å². The maximum absolute atomic E-state index is 12.7. The number of ether oxygens (including phenoxy) is 1. The molecule has 0 aromatic carbocycles. The minimum Gasteiger partial charge on any atom is -0.384 e. The summed E-state index contributed by atoms with van der Waals surface area (Å²) in [4.78, 5) is 34.2. The number of carbonyl (C=O) groups is 2. The number of hydrogen-bond donors (Lipinski definition) is 1. The van der Waals surface area contributed by atoms with Crippen molar-refractivity contribution in [3.8, 4) is 0 Å². The lowest BCUT2D eigenvalue weighted by molar-refractivity contribution is -0.130. The third kappa shape index (κ3) is 4.92. The Hall–Kier alpha value is -2.19. The normalized spacial score (nSPS) is 18.7. The van der Waals surface area contributed by atoms with Crippen molar-refractivity contribution in [1.82, 2.24) is 19.7 Å². The Labute approximate surface area is 154 Å². The molecule has 2 aliphatic heterocycles. The second-order valence-corrected chi connectivity index (χ2v) is 6.61. The van der Waals surface area contributed by atoms with Crippen LogP contribution in [0.1, 0.15) is 17.4 Å². The van der Waals surface area contributed by atoms with Gasteiger partial charge in [-0.2, -0.15) is 0 Å². The first kappa shape index (κ1) is 18.6. The molecule has 142 valence electrons. The van der Waals surface area contributed by atoms with Gasteiger partial charge >= 0.3 is 0 Å². The molecule has 0 saturated carbocycles. The Kier molecular flexibility index (Phi) is 6.40. The number of morpholine rings is 1. The van der Waals surface area contributed by atoms with Gasteiger partial charge in [0.05, 0.1) is 13.2 Å². The van der Waals surface area contributed by atoms with Crippen LogP contribution in [0.3, 0.4) is 0 Å². The molecule has 1 aromatic rings. The smallest absolute Gasteiger partial charge is 0.272 e. The van der Waals surface area contributed by atoms with E-state index in [9.17, 15) is 9.59 Å². The molecule has 26 heavy (non-hydrogen) atoms. The molecule has 2 aliphatic rings. The highest BCUT2D eigenvalue weighted by atomic mass is 16.5. The minimum atomic E-state index is -0.0787. The van der Waals surface area contributed by atoms with Crippen molar-refractivity contribution in [3.05, 3.63) is 24.0 Å². The van der Waals surface area contributed by atoms with Gasteiger partial charge in [0.2, 0.25) is 5.91 Å². The first-order chi connectivity index (χ1) is 12.6. The molecular weight excluding hydrogens is 334 g/mol. The van der Waals surface area contributed by atoms with Crippen molar-refractivity contribution in [1.29, 1.82) is 0 Å². The van der Waals surface area contributed by atoms with Gasteiger partial charge in [-0.05, 0) is 12.1 Å². The number of amides is 2. The van der Waals surface area contributed by atoms with Gasteiger partial charge in [-0.15, -0.1) is 0 Å². The molecule has 0 atom stereocenters. The van der Waals surface area contributed by atoms with Crippen molar-refractivity contribution in [2.24, 2.45) is 0 Å². The van der Waals surface area contributed by atoms with Gasteiger partial charge in [0.15, 0.2) is 0 Å². The van der Waals surface area contributed by atoms with Crippen LogP contribution in [0.2, 0.25) is 0 Å². The first-order valence-corrected chi connectivity index (χ1v) is 9.18. The second-order valence-electron chi connectivity index (χ2n) is 6.61. The number of pyridine rings is 1. The lowest BCUT2D eigenvalue weighted by atomic mass is 10.2. The quantitative estimate of drug-likeness (QED) is 0.803.